The Labute approximate surface area is 192 Å². The van der Waals surface area contributed by atoms with Crippen molar-refractivity contribution in [2.75, 3.05) is 56.5 Å². The number of hydrogen-bond acceptors (Lipinski definition) is 5. The second kappa shape index (κ2) is 10.4. The van der Waals surface area contributed by atoms with Crippen molar-refractivity contribution in [2.45, 2.75) is 39.2 Å². The lowest BCUT2D eigenvalue weighted by atomic mass is 9.86. The number of carbonyl (C=O) groups excluding carboxylic acids is 1. The quantitative estimate of drug-likeness (QED) is 0.653. The van der Waals surface area contributed by atoms with Gasteiger partial charge in [0.25, 0.3) is 5.91 Å². The summed E-state index contributed by atoms with van der Waals surface area (Å²) in [5.74, 6) is 0.0560. The van der Waals surface area contributed by atoms with E-state index in [0.717, 1.165) is 69.8 Å². The molecule has 1 saturated heterocycles. The van der Waals surface area contributed by atoms with Gasteiger partial charge in [0.2, 0.25) is 0 Å². The van der Waals surface area contributed by atoms with Gasteiger partial charge in [-0.1, -0.05) is 19.1 Å². The molecule has 0 saturated carbocycles. The summed E-state index contributed by atoms with van der Waals surface area (Å²) in [5.41, 5.74) is 9.37. The number of likely N-dealkylation sites (N-methyl/N-ethyl adjacent to an activating group) is 1. The van der Waals surface area contributed by atoms with Crippen LogP contribution in [-0.2, 0) is 12.8 Å². The highest BCUT2D eigenvalue weighted by Gasteiger charge is 2.30. The van der Waals surface area contributed by atoms with Gasteiger partial charge in [-0.3, -0.25) is 9.80 Å². The number of benzene rings is 2. The number of hydrazine groups is 1. The molecule has 0 unspecified atom stereocenters. The van der Waals surface area contributed by atoms with Gasteiger partial charge < -0.3 is 15.1 Å². The van der Waals surface area contributed by atoms with Crippen molar-refractivity contribution >= 4 is 17.3 Å². The number of amides is 1. The maximum Gasteiger partial charge on any atom is 0.268 e. The molecule has 0 radical (unpaired) electrons. The smallest absolute Gasteiger partial charge is 0.268 e. The molecule has 2 aliphatic rings. The Balaban J connectivity index is 1.55. The first kappa shape index (κ1) is 22.6. The number of rotatable bonds is 7. The van der Waals surface area contributed by atoms with Gasteiger partial charge in [0.05, 0.1) is 6.04 Å². The molecular weight excluding hydrogens is 398 g/mol. The van der Waals surface area contributed by atoms with Crippen molar-refractivity contribution < 1.29 is 4.79 Å². The fourth-order valence-corrected chi connectivity index (χ4v) is 4.93. The number of carbonyl (C=O) groups is 1. The molecule has 2 N–H and O–H groups in total. The van der Waals surface area contributed by atoms with Gasteiger partial charge >= 0.3 is 0 Å². The first-order chi connectivity index (χ1) is 15.6. The Kier molecular flexibility index (Phi) is 7.33. The topological polar surface area (TPSA) is 50.9 Å². The molecular formula is C26H37N5O. The van der Waals surface area contributed by atoms with Gasteiger partial charge in [-0.2, -0.15) is 0 Å². The van der Waals surface area contributed by atoms with E-state index in [9.17, 15) is 4.79 Å². The number of hydrogen-bond donors (Lipinski definition) is 2. The highest BCUT2D eigenvalue weighted by Crippen LogP contribution is 2.33. The molecule has 0 aromatic heterocycles. The summed E-state index contributed by atoms with van der Waals surface area (Å²) in [6.07, 6.45) is 2.88. The molecule has 1 heterocycles. The Hall–Kier alpha value is -2.57. The molecule has 32 heavy (non-hydrogen) atoms. The van der Waals surface area contributed by atoms with Crippen LogP contribution in [0.4, 0.5) is 11.4 Å². The first-order valence-electron chi connectivity index (χ1n) is 12.1. The predicted octanol–water partition coefficient (Wildman–Crippen LogP) is 3.39. The van der Waals surface area contributed by atoms with Crippen LogP contribution in [-0.4, -0.2) is 68.2 Å². The molecule has 1 aliphatic heterocycles. The molecule has 0 bridgehead atoms. The van der Waals surface area contributed by atoms with E-state index in [-0.39, 0.29) is 11.9 Å². The Morgan fingerprint density at radius 1 is 1.03 bits per heavy atom. The molecule has 172 valence electrons. The normalized spacial score (nSPS) is 18.8. The van der Waals surface area contributed by atoms with E-state index in [2.05, 4.69) is 59.6 Å². The Bertz CT molecular complexity index is 905. The zero-order valence-electron chi connectivity index (χ0n) is 19.7. The SMILES string of the molecule is CCNc1ccc(C(=O)N(NCC)[C@H]2CCc3cccc(N4CCN(C)CC4)c3C2)cc1. The average Bonchev–Trinajstić information content (AvgIpc) is 2.83. The van der Waals surface area contributed by atoms with Gasteiger partial charge in [0, 0.05) is 56.2 Å². The van der Waals surface area contributed by atoms with Gasteiger partial charge in [-0.25, -0.2) is 5.43 Å². The second-order valence-corrected chi connectivity index (χ2v) is 8.90. The lowest BCUT2D eigenvalue weighted by molar-refractivity contribution is 0.0526. The third kappa shape index (κ3) is 4.92. The lowest BCUT2D eigenvalue weighted by Crippen LogP contribution is -2.52. The van der Waals surface area contributed by atoms with Crippen molar-refractivity contribution in [1.29, 1.82) is 0 Å². The number of nitrogens with one attached hydrogen (secondary N) is 2. The van der Waals surface area contributed by atoms with Crippen LogP contribution in [0.5, 0.6) is 0 Å². The van der Waals surface area contributed by atoms with E-state index >= 15 is 0 Å². The summed E-state index contributed by atoms with van der Waals surface area (Å²) in [6, 6.07) is 14.7. The fourth-order valence-electron chi connectivity index (χ4n) is 4.93. The zero-order valence-corrected chi connectivity index (χ0v) is 19.7. The average molecular weight is 436 g/mol. The molecule has 1 atom stereocenters. The molecule has 1 amide bonds. The van der Waals surface area contributed by atoms with E-state index in [1.807, 2.05) is 29.3 Å². The number of nitrogens with zero attached hydrogens (tertiary/aromatic N) is 3. The number of piperazine rings is 1. The molecule has 2 aromatic rings. The van der Waals surface area contributed by atoms with Crippen molar-refractivity contribution in [3.05, 3.63) is 59.2 Å². The molecule has 0 spiro atoms. The Morgan fingerprint density at radius 2 is 1.78 bits per heavy atom. The zero-order chi connectivity index (χ0) is 22.5. The second-order valence-electron chi connectivity index (χ2n) is 8.90. The van der Waals surface area contributed by atoms with Crippen LogP contribution < -0.4 is 15.6 Å². The third-order valence-corrected chi connectivity index (χ3v) is 6.70. The van der Waals surface area contributed by atoms with Crippen molar-refractivity contribution in [3.63, 3.8) is 0 Å². The summed E-state index contributed by atoms with van der Waals surface area (Å²) in [5, 5.41) is 5.19. The summed E-state index contributed by atoms with van der Waals surface area (Å²) < 4.78 is 0. The van der Waals surface area contributed by atoms with Crippen LogP contribution in [0.15, 0.2) is 42.5 Å². The van der Waals surface area contributed by atoms with Gasteiger partial charge in [0.1, 0.15) is 0 Å². The fraction of sp³-hybridized carbons (Fsp3) is 0.500. The van der Waals surface area contributed by atoms with Gasteiger partial charge in [0.15, 0.2) is 0 Å². The molecule has 6 heteroatoms. The largest absolute Gasteiger partial charge is 0.385 e. The van der Waals surface area contributed by atoms with Crippen LogP contribution in [0.25, 0.3) is 0 Å². The van der Waals surface area contributed by atoms with Crippen molar-refractivity contribution in [1.82, 2.24) is 15.3 Å². The highest BCUT2D eigenvalue weighted by molar-refractivity contribution is 5.94. The first-order valence-corrected chi connectivity index (χ1v) is 12.1. The predicted molar refractivity (Wildman–Crippen MR) is 132 cm³/mol. The molecule has 6 nitrogen and oxygen atoms in total. The van der Waals surface area contributed by atoms with Crippen LogP contribution >= 0.6 is 0 Å². The third-order valence-electron chi connectivity index (χ3n) is 6.70. The summed E-state index contributed by atoms with van der Waals surface area (Å²) >= 11 is 0. The maximum absolute atomic E-state index is 13.5. The van der Waals surface area contributed by atoms with Crippen molar-refractivity contribution in [2.24, 2.45) is 0 Å². The van der Waals surface area contributed by atoms with E-state index < -0.39 is 0 Å². The summed E-state index contributed by atoms with van der Waals surface area (Å²) in [6.45, 7) is 10.0. The van der Waals surface area contributed by atoms with E-state index in [1.54, 1.807) is 0 Å². The Morgan fingerprint density at radius 3 is 2.47 bits per heavy atom. The van der Waals surface area contributed by atoms with E-state index in [1.165, 1.54) is 16.8 Å². The van der Waals surface area contributed by atoms with E-state index in [4.69, 9.17) is 0 Å². The summed E-state index contributed by atoms with van der Waals surface area (Å²) in [7, 11) is 2.19. The number of anilines is 2. The molecule has 4 rings (SSSR count). The number of fused-ring (bicyclic) bond motifs is 1. The molecule has 1 aliphatic carbocycles. The molecule has 2 aromatic carbocycles. The summed E-state index contributed by atoms with van der Waals surface area (Å²) in [4.78, 5) is 18.4. The number of aryl methyl sites for hydroxylation is 1. The minimum atomic E-state index is 0.0560. The van der Waals surface area contributed by atoms with Gasteiger partial charge in [-0.15, -0.1) is 0 Å². The van der Waals surface area contributed by atoms with Crippen LogP contribution in [0.3, 0.4) is 0 Å². The van der Waals surface area contributed by atoms with Crippen LogP contribution in [0.1, 0.15) is 41.8 Å². The van der Waals surface area contributed by atoms with Crippen LogP contribution in [0, 0.1) is 0 Å². The minimum absolute atomic E-state index is 0.0560. The van der Waals surface area contributed by atoms with Crippen LogP contribution in [0.2, 0.25) is 0 Å². The van der Waals surface area contributed by atoms with Gasteiger partial charge in [-0.05, 0) is 74.7 Å². The van der Waals surface area contributed by atoms with E-state index in [0.29, 0.717) is 0 Å². The monoisotopic (exact) mass is 435 g/mol. The molecule has 1 fully saturated rings. The van der Waals surface area contributed by atoms with Crippen molar-refractivity contribution in [3.8, 4) is 0 Å². The maximum atomic E-state index is 13.5. The lowest BCUT2D eigenvalue weighted by Gasteiger charge is -2.39. The standard InChI is InChI=1S/C26H37N5O/c1-4-27-22-12-9-21(10-13-22)26(32)31(28-5-2)23-14-11-20-7-6-8-25(24(20)19-23)30-17-15-29(3)16-18-30/h6-10,12-13,23,27-28H,4-5,11,14-19H2,1-3H3/t23-/m0/s1. The minimum Gasteiger partial charge on any atom is -0.385 e. The highest BCUT2D eigenvalue weighted by atomic mass is 16.2.